The number of esters is 1. The van der Waals surface area contributed by atoms with Crippen molar-refractivity contribution in [3.05, 3.63) is 18.0 Å². The molecule has 0 spiro atoms. The largest absolute Gasteiger partial charge is 0.462 e. The lowest BCUT2D eigenvalue weighted by atomic mass is 10.3. The quantitative estimate of drug-likeness (QED) is 0.377. The van der Waals surface area contributed by atoms with E-state index in [9.17, 15) is 9.59 Å². The van der Waals surface area contributed by atoms with Gasteiger partial charge < -0.3 is 19.1 Å². The van der Waals surface area contributed by atoms with Gasteiger partial charge in [-0.2, -0.15) is 0 Å². The monoisotopic (exact) mass is 394 g/mol. The Balaban J connectivity index is 1.58. The van der Waals surface area contributed by atoms with Crippen LogP contribution >= 0.6 is 0 Å². The number of ketones is 1. The van der Waals surface area contributed by atoms with Crippen LogP contribution in [0.2, 0.25) is 0 Å². The van der Waals surface area contributed by atoms with Crippen LogP contribution in [0.3, 0.4) is 0 Å². The van der Waals surface area contributed by atoms with E-state index in [0.29, 0.717) is 51.0 Å². The lowest BCUT2D eigenvalue weighted by Crippen LogP contribution is -2.48. The SMILES string of the molecule is CCOC(=O)c1cnc(N2CCN(CCOCCOCCC(C)=O)CC2)nc1. The van der Waals surface area contributed by atoms with Gasteiger partial charge in [-0.05, 0) is 13.8 Å². The molecule has 0 aliphatic carbocycles. The summed E-state index contributed by atoms with van der Waals surface area (Å²) in [6, 6.07) is 0. The molecule has 28 heavy (non-hydrogen) atoms. The van der Waals surface area contributed by atoms with Gasteiger partial charge in [-0.15, -0.1) is 0 Å². The van der Waals surface area contributed by atoms with Crippen LogP contribution < -0.4 is 4.90 Å². The van der Waals surface area contributed by atoms with Gasteiger partial charge >= 0.3 is 5.97 Å². The van der Waals surface area contributed by atoms with Crippen molar-refractivity contribution in [2.75, 3.05) is 70.7 Å². The molecule has 9 nitrogen and oxygen atoms in total. The van der Waals surface area contributed by atoms with Gasteiger partial charge in [-0.1, -0.05) is 0 Å². The van der Waals surface area contributed by atoms with Crippen molar-refractivity contribution in [1.29, 1.82) is 0 Å². The summed E-state index contributed by atoms with van der Waals surface area (Å²) in [6.07, 6.45) is 3.48. The van der Waals surface area contributed by atoms with Crippen LogP contribution in [-0.4, -0.2) is 92.4 Å². The molecule has 0 unspecified atom stereocenters. The molecule has 1 fully saturated rings. The highest BCUT2D eigenvalue weighted by Gasteiger charge is 2.19. The van der Waals surface area contributed by atoms with Crippen LogP contribution in [0.15, 0.2) is 12.4 Å². The van der Waals surface area contributed by atoms with E-state index < -0.39 is 5.97 Å². The number of anilines is 1. The Kier molecular flexibility index (Phi) is 9.81. The summed E-state index contributed by atoms with van der Waals surface area (Å²) in [4.78, 5) is 35.4. The van der Waals surface area contributed by atoms with E-state index in [1.54, 1.807) is 13.8 Å². The molecular weight excluding hydrogens is 364 g/mol. The third-order valence-electron chi connectivity index (χ3n) is 4.33. The number of Topliss-reactive ketones (excluding diaryl/α,β-unsaturated/α-hetero) is 1. The highest BCUT2D eigenvalue weighted by Crippen LogP contribution is 2.11. The zero-order valence-corrected chi connectivity index (χ0v) is 16.8. The van der Waals surface area contributed by atoms with Crippen molar-refractivity contribution in [1.82, 2.24) is 14.9 Å². The topological polar surface area (TPSA) is 94.1 Å². The number of carbonyl (C=O) groups is 2. The number of ether oxygens (including phenoxy) is 3. The smallest absolute Gasteiger partial charge is 0.341 e. The van der Waals surface area contributed by atoms with Gasteiger partial charge in [0.15, 0.2) is 0 Å². The number of piperazine rings is 1. The van der Waals surface area contributed by atoms with Crippen LogP contribution in [0, 0.1) is 0 Å². The normalized spacial score (nSPS) is 14.9. The first-order valence-electron chi connectivity index (χ1n) is 9.71. The van der Waals surface area contributed by atoms with Gasteiger partial charge in [0.05, 0.1) is 38.6 Å². The molecule has 0 radical (unpaired) electrons. The van der Waals surface area contributed by atoms with E-state index in [4.69, 9.17) is 14.2 Å². The molecule has 0 amide bonds. The summed E-state index contributed by atoms with van der Waals surface area (Å²) in [5, 5.41) is 0. The second-order valence-corrected chi connectivity index (χ2v) is 6.50. The third kappa shape index (κ3) is 7.87. The molecule has 0 N–H and O–H groups in total. The van der Waals surface area contributed by atoms with E-state index >= 15 is 0 Å². The van der Waals surface area contributed by atoms with Crippen molar-refractivity contribution in [2.24, 2.45) is 0 Å². The molecule has 0 bridgehead atoms. The lowest BCUT2D eigenvalue weighted by molar-refractivity contribution is -0.118. The number of rotatable bonds is 12. The molecule has 156 valence electrons. The molecular formula is C19H30N4O5. The molecule has 1 aromatic heterocycles. The lowest BCUT2D eigenvalue weighted by Gasteiger charge is -2.34. The van der Waals surface area contributed by atoms with Gasteiger partial charge in [0, 0.05) is 51.5 Å². The summed E-state index contributed by atoms with van der Waals surface area (Å²) >= 11 is 0. The highest BCUT2D eigenvalue weighted by atomic mass is 16.5. The van der Waals surface area contributed by atoms with Crippen LogP contribution in [0.5, 0.6) is 0 Å². The fourth-order valence-electron chi connectivity index (χ4n) is 2.71. The maximum atomic E-state index is 11.6. The van der Waals surface area contributed by atoms with Crippen molar-refractivity contribution >= 4 is 17.7 Å². The number of nitrogens with zero attached hydrogens (tertiary/aromatic N) is 4. The molecule has 2 rings (SSSR count). The van der Waals surface area contributed by atoms with Gasteiger partial charge in [0.2, 0.25) is 5.95 Å². The Morgan fingerprint density at radius 2 is 1.64 bits per heavy atom. The van der Waals surface area contributed by atoms with Crippen molar-refractivity contribution in [2.45, 2.75) is 20.3 Å². The minimum absolute atomic E-state index is 0.139. The fraction of sp³-hybridized carbons (Fsp3) is 0.684. The maximum absolute atomic E-state index is 11.6. The van der Waals surface area contributed by atoms with E-state index in [2.05, 4.69) is 19.8 Å². The first-order valence-corrected chi connectivity index (χ1v) is 9.71. The average Bonchev–Trinajstić information content (AvgIpc) is 2.70. The first kappa shape index (κ1) is 22.2. The minimum atomic E-state index is -0.400. The van der Waals surface area contributed by atoms with Gasteiger partial charge in [-0.25, -0.2) is 14.8 Å². The highest BCUT2D eigenvalue weighted by molar-refractivity contribution is 5.88. The van der Waals surface area contributed by atoms with E-state index in [-0.39, 0.29) is 5.78 Å². The van der Waals surface area contributed by atoms with Gasteiger partial charge in [0.1, 0.15) is 5.78 Å². The summed E-state index contributed by atoms with van der Waals surface area (Å²) < 4.78 is 15.8. The average molecular weight is 394 g/mol. The Morgan fingerprint density at radius 3 is 2.25 bits per heavy atom. The van der Waals surface area contributed by atoms with Gasteiger partial charge in [-0.3, -0.25) is 9.69 Å². The molecule has 2 heterocycles. The molecule has 1 saturated heterocycles. The standard InChI is InChI=1S/C19H30N4O5/c1-3-28-18(25)17-14-20-19(21-15-17)23-7-5-22(6-8-23)9-11-27-13-12-26-10-4-16(2)24/h14-15H,3-13H2,1-2H3. The van der Waals surface area contributed by atoms with Gasteiger partial charge in [0.25, 0.3) is 0 Å². The molecule has 0 aromatic carbocycles. The fourth-order valence-corrected chi connectivity index (χ4v) is 2.71. The number of aromatic nitrogens is 2. The molecule has 0 saturated carbocycles. The Hall–Kier alpha value is -2.10. The van der Waals surface area contributed by atoms with E-state index in [1.807, 2.05) is 0 Å². The zero-order valence-electron chi connectivity index (χ0n) is 16.8. The van der Waals surface area contributed by atoms with Crippen LogP contribution in [0.1, 0.15) is 30.6 Å². The molecule has 1 aromatic rings. The second-order valence-electron chi connectivity index (χ2n) is 6.50. The Labute approximate surface area is 166 Å². The number of hydrogen-bond donors (Lipinski definition) is 0. The zero-order chi connectivity index (χ0) is 20.2. The van der Waals surface area contributed by atoms with E-state index in [0.717, 1.165) is 32.7 Å². The summed E-state index contributed by atoms with van der Waals surface area (Å²) in [7, 11) is 0. The van der Waals surface area contributed by atoms with Crippen molar-refractivity contribution < 1.29 is 23.8 Å². The van der Waals surface area contributed by atoms with E-state index in [1.165, 1.54) is 12.4 Å². The predicted octanol–water partition coefficient (Wildman–Crippen LogP) is 0.788. The minimum Gasteiger partial charge on any atom is -0.462 e. The Bertz CT molecular complexity index is 603. The maximum Gasteiger partial charge on any atom is 0.341 e. The second kappa shape index (κ2) is 12.4. The summed E-state index contributed by atoms with van der Waals surface area (Å²) in [5.41, 5.74) is 0.367. The number of hydrogen-bond acceptors (Lipinski definition) is 9. The van der Waals surface area contributed by atoms with Crippen molar-refractivity contribution in [3.63, 3.8) is 0 Å². The van der Waals surface area contributed by atoms with Crippen molar-refractivity contribution in [3.8, 4) is 0 Å². The molecule has 1 aliphatic rings. The summed E-state index contributed by atoms with van der Waals surface area (Å²) in [6.45, 7) is 10.2. The molecule has 1 aliphatic heterocycles. The molecule has 9 heteroatoms. The third-order valence-corrected chi connectivity index (χ3v) is 4.33. The summed E-state index contributed by atoms with van der Waals surface area (Å²) in [5.74, 6) is 0.371. The molecule has 0 atom stereocenters. The number of carbonyl (C=O) groups excluding carboxylic acids is 2. The first-order chi connectivity index (χ1) is 13.6. The van der Waals surface area contributed by atoms with Crippen LogP contribution in [0.4, 0.5) is 5.95 Å². The predicted molar refractivity (Wildman–Crippen MR) is 104 cm³/mol. The van der Waals surface area contributed by atoms with Crippen LogP contribution in [0.25, 0.3) is 0 Å². The van der Waals surface area contributed by atoms with Crippen LogP contribution in [-0.2, 0) is 19.0 Å². The Morgan fingerprint density at radius 1 is 1.00 bits per heavy atom.